The number of Topliss-reactive ketones (excluding diaryl/α,β-unsaturated/α-hetero) is 1. The van der Waals surface area contributed by atoms with Gasteiger partial charge < -0.3 is 0 Å². The fourth-order valence-electron chi connectivity index (χ4n) is 1.50. The van der Waals surface area contributed by atoms with Crippen molar-refractivity contribution in [2.75, 3.05) is 0 Å². The largest absolute Gasteiger partial charge is 0.300 e. The molecule has 0 aromatic rings. The molecule has 0 aliphatic heterocycles. The number of allylic oxidation sites excluding steroid dienone is 3. The molecule has 0 aliphatic rings. The molecule has 0 aliphatic carbocycles. The van der Waals surface area contributed by atoms with Crippen LogP contribution in [0, 0.1) is 5.92 Å². The molecule has 0 unspecified atom stereocenters. The number of aliphatic imine (C=N–C) groups is 1. The van der Waals surface area contributed by atoms with E-state index in [0.717, 1.165) is 6.42 Å². The van der Waals surface area contributed by atoms with Gasteiger partial charge in [0.25, 0.3) is 5.91 Å². The van der Waals surface area contributed by atoms with Crippen molar-refractivity contribution >= 4 is 18.4 Å². The number of rotatable bonds is 7. The van der Waals surface area contributed by atoms with Crippen molar-refractivity contribution in [3.8, 4) is 0 Å². The van der Waals surface area contributed by atoms with Gasteiger partial charge in [0.1, 0.15) is 5.78 Å². The topological polar surface area (TPSA) is 46.5 Å². The van der Waals surface area contributed by atoms with Gasteiger partial charge in [-0.3, -0.25) is 9.59 Å². The highest BCUT2D eigenvalue weighted by Crippen LogP contribution is 2.17. The zero-order chi connectivity index (χ0) is 13.3. The highest BCUT2D eigenvalue weighted by Gasteiger charge is 2.14. The van der Waals surface area contributed by atoms with Crippen molar-refractivity contribution in [2.45, 2.75) is 40.0 Å². The molecular formula is C14H21NO2. The molecule has 0 rings (SSSR count). The SMILES string of the molecule is C=NC(=O)[C@@H](/C=C/CC(C)=O)C/C(=C/C)CC. The Morgan fingerprint density at radius 3 is 2.47 bits per heavy atom. The number of carbonyl (C=O) groups excluding carboxylic acids is 2. The van der Waals surface area contributed by atoms with Crippen LogP contribution in [0.3, 0.4) is 0 Å². The van der Waals surface area contributed by atoms with E-state index < -0.39 is 0 Å². The highest BCUT2D eigenvalue weighted by atomic mass is 16.1. The second-order valence-corrected chi connectivity index (χ2v) is 3.94. The summed E-state index contributed by atoms with van der Waals surface area (Å²) in [5.74, 6) is -0.448. The monoisotopic (exact) mass is 235 g/mol. The minimum absolute atomic E-state index is 0.0840. The molecule has 0 aromatic heterocycles. The van der Waals surface area contributed by atoms with E-state index in [1.807, 2.05) is 13.0 Å². The predicted molar refractivity (Wildman–Crippen MR) is 71.1 cm³/mol. The molecule has 0 spiro atoms. The van der Waals surface area contributed by atoms with Crippen molar-refractivity contribution in [1.29, 1.82) is 0 Å². The van der Waals surface area contributed by atoms with E-state index >= 15 is 0 Å². The third-order valence-electron chi connectivity index (χ3n) is 2.59. The summed E-state index contributed by atoms with van der Waals surface area (Å²) >= 11 is 0. The minimum Gasteiger partial charge on any atom is -0.300 e. The minimum atomic E-state index is -0.294. The third kappa shape index (κ3) is 6.61. The molecule has 0 saturated heterocycles. The molecule has 0 fully saturated rings. The lowest BCUT2D eigenvalue weighted by Crippen LogP contribution is -2.10. The number of hydrogen-bond acceptors (Lipinski definition) is 2. The Kier molecular flexibility index (Phi) is 7.85. The van der Waals surface area contributed by atoms with Crippen LogP contribution in [0.4, 0.5) is 0 Å². The average molecular weight is 235 g/mol. The fraction of sp³-hybridized carbons (Fsp3) is 0.500. The zero-order valence-corrected chi connectivity index (χ0v) is 10.9. The number of hydrogen-bond donors (Lipinski definition) is 0. The van der Waals surface area contributed by atoms with E-state index in [0.29, 0.717) is 12.8 Å². The number of nitrogens with zero attached hydrogens (tertiary/aromatic N) is 1. The van der Waals surface area contributed by atoms with Gasteiger partial charge in [0.2, 0.25) is 0 Å². The first kappa shape index (κ1) is 15.5. The number of carbonyl (C=O) groups is 2. The third-order valence-corrected chi connectivity index (χ3v) is 2.59. The van der Waals surface area contributed by atoms with Crippen LogP contribution in [0.5, 0.6) is 0 Å². The summed E-state index contributed by atoms with van der Waals surface area (Å²) in [5, 5.41) is 0. The summed E-state index contributed by atoms with van der Waals surface area (Å²) < 4.78 is 0. The van der Waals surface area contributed by atoms with Gasteiger partial charge in [-0.25, -0.2) is 4.99 Å². The fourth-order valence-corrected chi connectivity index (χ4v) is 1.50. The lowest BCUT2D eigenvalue weighted by atomic mass is 9.96. The molecular weight excluding hydrogens is 214 g/mol. The van der Waals surface area contributed by atoms with Crippen LogP contribution in [0.2, 0.25) is 0 Å². The van der Waals surface area contributed by atoms with Crippen molar-refractivity contribution in [3.63, 3.8) is 0 Å². The Labute approximate surface area is 103 Å². The second kappa shape index (κ2) is 8.62. The van der Waals surface area contributed by atoms with Crippen molar-refractivity contribution in [1.82, 2.24) is 0 Å². The van der Waals surface area contributed by atoms with Crippen molar-refractivity contribution in [2.24, 2.45) is 10.9 Å². The first-order valence-corrected chi connectivity index (χ1v) is 5.85. The maximum atomic E-state index is 11.6. The Morgan fingerprint density at radius 2 is 2.06 bits per heavy atom. The molecule has 0 radical (unpaired) electrons. The molecule has 94 valence electrons. The standard InChI is InChI=1S/C14H21NO2/c1-5-12(6-2)10-13(14(17)15-4)9-7-8-11(3)16/h5,7,9,13H,4,6,8,10H2,1-3H3/b9-7+,12-5+/t13-/m0/s1. The van der Waals surface area contributed by atoms with E-state index in [-0.39, 0.29) is 17.6 Å². The normalized spacial score (nSPS) is 13.7. The van der Waals surface area contributed by atoms with Crippen LogP contribution < -0.4 is 0 Å². The van der Waals surface area contributed by atoms with Gasteiger partial charge in [-0.05, 0) is 33.4 Å². The molecule has 3 nitrogen and oxygen atoms in total. The zero-order valence-electron chi connectivity index (χ0n) is 10.9. The summed E-state index contributed by atoms with van der Waals surface area (Å²) in [5.41, 5.74) is 1.21. The van der Waals surface area contributed by atoms with Crippen LogP contribution in [-0.4, -0.2) is 18.4 Å². The van der Waals surface area contributed by atoms with Gasteiger partial charge in [0.05, 0.1) is 5.92 Å². The first-order valence-electron chi connectivity index (χ1n) is 5.85. The average Bonchev–Trinajstić information content (AvgIpc) is 2.32. The summed E-state index contributed by atoms with van der Waals surface area (Å²) in [6.07, 6.45) is 7.44. The highest BCUT2D eigenvalue weighted by molar-refractivity contribution is 5.85. The Hall–Kier alpha value is -1.51. The van der Waals surface area contributed by atoms with Gasteiger partial charge in [-0.2, -0.15) is 0 Å². The van der Waals surface area contributed by atoms with E-state index in [9.17, 15) is 9.59 Å². The smallest absolute Gasteiger partial charge is 0.252 e. The molecule has 1 atom stereocenters. The van der Waals surface area contributed by atoms with Gasteiger partial charge in [0.15, 0.2) is 0 Å². The van der Waals surface area contributed by atoms with Gasteiger partial charge in [0, 0.05) is 6.42 Å². The van der Waals surface area contributed by atoms with Crippen LogP contribution in [0.15, 0.2) is 28.8 Å². The number of ketones is 1. The van der Waals surface area contributed by atoms with Crippen LogP contribution in [-0.2, 0) is 9.59 Å². The lowest BCUT2D eigenvalue weighted by Gasteiger charge is -2.10. The van der Waals surface area contributed by atoms with Crippen LogP contribution in [0.25, 0.3) is 0 Å². The van der Waals surface area contributed by atoms with E-state index in [4.69, 9.17) is 0 Å². The molecule has 17 heavy (non-hydrogen) atoms. The molecule has 1 amide bonds. The van der Waals surface area contributed by atoms with E-state index in [2.05, 4.69) is 18.6 Å². The molecule has 3 heteroatoms. The summed E-state index contributed by atoms with van der Waals surface area (Å²) in [6, 6.07) is 0. The maximum Gasteiger partial charge on any atom is 0.252 e. The maximum absolute atomic E-state index is 11.6. The van der Waals surface area contributed by atoms with E-state index in [1.54, 1.807) is 12.2 Å². The van der Waals surface area contributed by atoms with Crippen molar-refractivity contribution < 1.29 is 9.59 Å². The molecule has 0 N–H and O–H groups in total. The second-order valence-electron chi connectivity index (χ2n) is 3.94. The summed E-state index contributed by atoms with van der Waals surface area (Å²) in [4.78, 5) is 25.8. The van der Waals surface area contributed by atoms with Gasteiger partial charge in [-0.15, -0.1) is 0 Å². The van der Waals surface area contributed by atoms with Crippen LogP contribution >= 0.6 is 0 Å². The Balaban J connectivity index is 4.65. The Bertz CT molecular complexity index is 340. The van der Waals surface area contributed by atoms with Gasteiger partial charge in [-0.1, -0.05) is 30.7 Å². The van der Waals surface area contributed by atoms with E-state index in [1.165, 1.54) is 12.5 Å². The predicted octanol–water partition coefficient (Wildman–Crippen LogP) is 3.11. The number of amides is 1. The molecule has 0 aromatic carbocycles. The van der Waals surface area contributed by atoms with Crippen molar-refractivity contribution in [3.05, 3.63) is 23.8 Å². The summed E-state index contributed by atoms with van der Waals surface area (Å²) in [7, 11) is 0. The first-order chi connectivity index (χ1) is 8.04. The summed E-state index contributed by atoms with van der Waals surface area (Å²) in [6.45, 7) is 8.80. The Morgan fingerprint density at radius 1 is 1.41 bits per heavy atom. The lowest BCUT2D eigenvalue weighted by molar-refractivity contribution is -0.120. The molecule has 0 saturated carbocycles. The quantitative estimate of drug-likeness (QED) is 0.503. The van der Waals surface area contributed by atoms with Crippen LogP contribution in [0.1, 0.15) is 40.0 Å². The molecule has 0 heterocycles. The van der Waals surface area contributed by atoms with Gasteiger partial charge >= 0.3 is 0 Å². The molecule has 0 bridgehead atoms.